The van der Waals surface area contributed by atoms with E-state index in [0.29, 0.717) is 6.42 Å². The molecule has 0 spiro atoms. The van der Waals surface area contributed by atoms with E-state index in [1.54, 1.807) is 0 Å². The molecule has 0 heterocycles. The molecule has 0 aliphatic heterocycles. The lowest BCUT2D eigenvalue weighted by atomic mass is 9.76. The van der Waals surface area contributed by atoms with Crippen molar-refractivity contribution in [2.75, 3.05) is 0 Å². The zero-order valence-electron chi connectivity index (χ0n) is 16.6. The van der Waals surface area contributed by atoms with Crippen LogP contribution in [0.15, 0.2) is 48.5 Å². The molecule has 3 unspecified atom stereocenters. The van der Waals surface area contributed by atoms with Crippen LogP contribution in [-0.4, -0.2) is 28.2 Å². The highest BCUT2D eigenvalue weighted by molar-refractivity contribution is 5.71. The number of hydrogen-bond donors (Lipinski definition) is 3. The van der Waals surface area contributed by atoms with Gasteiger partial charge in [0.2, 0.25) is 0 Å². The molecule has 3 atom stereocenters. The summed E-state index contributed by atoms with van der Waals surface area (Å²) >= 11 is 0. The molecule has 5 nitrogen and oxygen atoms in total. The zero-order chi connectivity index (χ0) is 20.8. The summed E-state index contributed by atoms with van der Waals surface area (Å²) in [7, 11) is 0. The molecule has 2 aromatic rings. The van der Waals surface area contributed by atoms with E-state index in [4.69, 9.17) is 10.8 Å². The van der Waals surface area contributed by atoms with Gasteiger partial charge in [-0.25, -0.2) is 0 Å². The summed E-state index contributed by atoms with van der Waals surface area (Å²) in [6.07, 6.45) is 5.02. The summed E-state index contributed by atoms with van der Waals surface area (Å²) in [5.41, 5.74) is 10.3. The van der Waals surface area contributed by atoms with E-state index in [0.717, 1.165) is 54.4 Å². The third kappa shape index (κ3) is 5.67. The third-order valence-electron chi connectivity index (χ3n) is 5.90. The second-order valence-corrected chi connectivity index (χ2v) is 8.11. The van der Waals surface area contributed by atoms with Crippen molar-refractivity contribution in [1.82, 2.24) is 0 Å². The molecule has 0 bridgehead atoms. The summed E-state index contributed by atoms with van der Waals surface area (Å²) in [5.74, 6) is -1.65. The highest BCUT2D eigenvalue weighted by Gasteiger charge is 2.30. The Morgan fingerprint density at radius 2 is 1.79 bits per heavy atom. The molecule has 0 amide bonds. The first kappa shape index (κ1) is 21.1. The van der Waals surface area contributed by atoms with Crippen molar-refractivity contribution in [3.63, 3.8) is 0 Å². The largest absolute Gasteiger partial charge is 0.481 e. The van der Waals surface area contributed by atoms with E-state index in [1.807, 2.05) is 36.4 Å². The van der Waals surface area contributed by atoms with Gasteiger partial charge in [0, 0.05) is 6.04 Å². The van der Waals surface area contributed by atoms with Crippen molar-refractivity contribution in [2.24, 2.45) is 17.6 Å². The maximum atomic E-state index is 11.6. The van der Waals surface area contributed by atoms with Gasteiger partial charge < -0.3 is 15.9 Å². The molecule has 1 saturated carbocycles. The topological polar surface area (TPSA) is 101 Å². The average Bonchev–Trinajstić information content (AvgIpc) is 2.68. The Kier molecular flexibility index (Phi) is 7.04. The van der Waals surface area contributed by atoms with Crippen molar-refractivity contribution in [3.8, 4) is 11.1 Å². The minimum atomic E-state index is -0.891. The van der Waals surface area contributed by atoms with E-state index in [1.165, 1.54) is 0 Å². The molecule has 5 heteroatoms. The maximum Gasteiger partial charge on any atom is 0.306 e. The van der Waals surface area contributed by atoms with Crippen LogP contribution in [0.4, 0.5) is 0 Å². The van der Waals surface area contributed by atoms with Crippen molar-refractivity contribution >= 4 is 11.9 Å². The fraction of sp³-hybridized carbons (Fsp3) is 0.417. The summed E-state index contributed by atoms with van der Waals surface area (Å²) in [5, 5.41) is 18.5. The molecule has 1 aliphatic carbocycles. The van der Waals surface area contributed by atoms with E-state index in [2.05, 4.69) is 12.1 Å². The lowest BCUT2D eigenvalue weighted by molar-refractivity contribution is -0.145. The minimum Gasteiger partial charge on any atom is -0.481 e. The molecule has 1 aliphatic rings. The first-order valence-electron chi connectivity index (χ1n) is 10.3. The predicted octanol–water partition coefficient (Wildman–Crippen LogP) is 4.13. The number of aliphatic carboxylic acids is 2. The monoisotopic (exact) mass is 395 g/mol. The Labute approximate surface area is 171 Å². The van der Waals surface area contributed by atoms with Crippen LogP contribution in [0, 0.1) is 11.8 Å². The van der Waals surface area contributed by atoms with Crippen LogP contribution < -0.4 is 5.73 Å². The van der Waals surface area contributed by atoms with Crippen LogP contribution in [0.25, 0.3) is 11.1 Å². The van der Waals surface area contributed by atoms with Crippen LogP contribution in [0.2, 0.25) is 0 Å². The molecule has 2 aromatic carbocycles. The van der Waals surface area contributed by atoms with Crippen molar-refractivity contribution in [2.45, 2.75) is 51.0 Å². The molecular formula is C24H29NO4. The summed E-state index contributed by atoms with van der Waals surface area (Å²) in [6.45, 7) is 0. The van der Waals surface area contributed by atoms with Crippen LogP contribution >= 0.6 is 0 Å². The van der Waals surface area contributed by atoms with Gasteiger partial charge in [0.05, 0.1) is 12.3 Å². The van der Waals surface area contributed by atoms with E-state index >= 15 is 0 Å². The summed E-state index contributed by atoms with van der Waals surface area (Å²) in [6, 6.07) is 15.7. The number of nitrogens with two attached hydrogens (primary N) is 1. The third-order valence-corrected chi connectivity index (χ3v) is 5.90. The molecule has 0 saturated heterocycles. The molecule has 4 N–H and O–H groups in total. The van der Waals surface area contributed by atoms with E-state index in [-0.39, 0.29) is 18.3 Å². The lowest BCUT2D eigenvalue weighted by Gasteiger charge is -2.28. The Bertz CT molecular complexity index is 863. The Morgan fingerprint density at radius 1 is 1.03 bits per heavy atom. The van der Waals surface area contributed by atoms with Crippen LogP contribution in [0.5, 0.6) is 0 Å². The fourth-order valence-electron chi connectivity index (χ4n) is 4.50. The second-order valence-electron chi connectivity index (χ2n) is 8.11. The van der Waals surface area contributed by atoms with E-state index < -0.39 is 18.0 Å². The van der Waals surface area contributed by atoms with Crippen molar-refractivity contribution in [3.05, 3.63) is 59.7 Å². The maximum absolute atomic E-state index is 11.6. The van der Waals surface area contributed by atoms with Gasteiger partial charge in [0.25, 0.3) is 0 Å². The number of benzene rings is 2. The van der Waals surface area contributed by atoms with Gasteiger partial charge >= 0.3 is 11.9 Å². The molecule has 0 radical (unpaired) electrons. The quantitative estimate of drug-likeness (QED) is 0.624. The van der Waals surface area contributed by atoms with Crippen LogP contribution in [0.1, 0.15) is 43.2 Å². The van der Waals surface area contributed by atoms with Gasteiger partial charge in [0.15, 0.2) is 0 Å². The van der Waals surface area contributed by atoms with Gasteiger partial charge in [-0.2, -0.15) is 0 Å². The highest BCUT2D eigenvalue weighted by atomic mass is 16.4. The molecule has 0 aromatic heterocycles. The van der Waals surface area contributed by atoms with E-state index in [9.17, 15) is 14.7 Å². The summed E-state index contributed by atoms with van der Waals surface area (Å²) < 4.78 is 0. The van der Waals surface area contributed by atoms with Gasteiger partial charge in [-0.1, -0.05) is 61.4 Å². The number of hydrogen-bond acceptors (Lipinski definition) is 3. The molecule has 29 heavy (non-hydrogen) atoms. The normalized spacial score (nSPS) is 20.2. The summed E-state index contributed by atoms with van der Waals surface area (Å²) in [4.78, 5) is 22.6. The Balaban J connectivity index is 1.81. The van der Waals surface area contributed by atoms with Gasteiger partial charge in [0.1, 0.15) is 0 Å². The number of rotatable bonds is 8. The first-order chi connectivity index (χ1) is 13.9. The Hall–Kier alpha value is -2.66. The smallest absolute Gasteiger partial charge is 0.306 e. The Morgan fingerprint density at radius 3 is 2.55 bits per heavy atom. The molecular weight excluding hydrogens is 366 g/mol. The molecule has 154 valence electrons. The predicted molar refractivity (Wildman–Crippen MR) is 113 cm³/mol. The van der Waals surface area contributed by atoms with Crippen molar-refractivity contribution in [1.29, 1.82) is 0 Å². The second kappa shape index (κ2) is 9.70. The van der Waals surface area contributed by atoms with Crippen LogP contribution in [0.3, 0.4) is 0 Å². The number of carboxylic acid groups (broad SMARTS) is 2. The minimum absolute atomic E-state index is 0.0629. The van der Waals surface area contributed by atoms with Crippen LogP contribution in [-0.2, 0) is 22.4 Å². The van der Waals surface area contributed by atoms with Crippen molar-refractivity contribution < 1.29 is 19.8 Å². The lowest BCUT2D eigenvalue weighted by Crippen LogP contribution is -2.28. The molecule has 3 rings (SSSR count). The number of carboxylic acids is 2. The highest BCUT2D eigenvalue weighted by Crippen LogP contribution is 2.34. The number of carbonyl (C=O) groups is 2. The van der Waals surface area contributed by atoms with Gasteiger partial charge in [-0.05, 0) is 53.9 Å². The zero-order valence-corrected chi connectivity index (χ0v) is 16.6. The average molecular weight is 395 g/mol. The van der Waals surface area contributed by atoms with Gasteiger partial charge in [-0.15, -0.1) is 0 Å². The standard InChI is InChI=1S/C24H29NO4/c25-20(15-23(26)27)14-19-8-1-3-10-21(19)17-9-5-6-16(12-17)13-18-7-2-4-11-22(18)24(28)29/h1,3,5-6,8-10,12,18,20,22H,2,4,7,11,13-15,25H2,(H,26,27)(H,28,29). The fourth-order valence-corrected chi connectivity index (χ4v) is 4.50. The SMILES string of the molecule is NC(CC(=O)O)Cc1ccccc1-c1cccc(CC2CCCCC2C(=O)O)c1. The van der Waals surface area contributed by atoms with Gasteiger partial charge in [-0.3, -0.25) is 9.59 Å². The molecule has 1 fully saturated rings. The first-order valence-corrected chi connectivity index (χ1v) is 10.3.